The predicted molar refractivity (Wildman–Crippen MR) is 88.5 cm³/mol. The van der Waals surface area contributed by atoms with Gasteiger partial charge in [0, 0.05) is 6.54 Å². The van der Waals surface area contributed by atoms with Crippen LogP contribution in [0.3, 0.4) is 0 Å². The van der Waals surface area contributed by atoms with Crippen molar-refractivity contribution in [3.05, 3.63) is 17.8 Å². The second-order valence-corrected chi connectivity index (χ2v) is 6.18. The minimum atomic E-state index is 0.993. The summed E-state index contributed by atoms with van der Waals surface area (Å²) in [7, 11) is 0. The first-order valence-electron chi connectivity index (χ1n) is 7.84. The fourth-order valence-corrected chi connectivity index (χ4v) is 3.19. The second kappa shape index (κ2) is 8.90. The minimum absolute atomic E-state index is 0.993. The molecule has 0 aliphatic heterocycles. The predicted octanol–water partition coefficient (Wildman–Crippen LogP) is 5.24. The molecule has 110 valence electrons. The van der Waals surface area contributed by atoms with E-state index >= 15 is 0 Å². The Kier molecular flexibility index (Phi) is 6.78. The molecule has 2 aromatic heterocycles. The lowest BCUT2D eigenvalue weighted by atomic mass is 10.1. The van der Waals surface area contributed by atoms with Gasteiger partial charge in [0.25, 0.3) is 0 Å². The second-order valence-electron chi connectivity index (χ2n) is 5.26. The number of unbranched alkanes of at least 4 members (excludes halogenated alkanes) is 7. The molecule has 2 rings (SSSR count). The maximum Gasteiger partial charge on any atom is 0.147 e. The lowest BCUT2D eigenvalue weighted by Crippen LogP contribution is -2.03. The average Bonchev–Trinajstić information content (AvgIpc) is 2.95. The molecular formula is C16H25N3S. The van der Waals surface area contributed by atoms with Gasteiger partial charge in [0.2, 0.25) is 0 Å². The number of hydrogen-bond acceptors (Lipinski definition) is 4. The van der Waals surface area contributed by atoms with E-state index < -0.39 is 0 Å². The van der Waals surface area contributed by atoms with Gasteiger partial charge in [0.15, 0.2) is 0 Å². The molecule has 4 heteroatoms. The Morgan fingerprint density at radius 3 is 2.55 bits per heavy atom. The zero-order valence-corrected chi connectivity index (χ0v) is 13.2. The first-order chi connectivity index (χ1) is 9.92. The van der Waals surface area contributed by atoms with Crippen molar-refractivity contribution in [3.8, 4) is 0 Å². The Bertz CT molecular complexity index is 495. The third-order valence-corrected chi connectivity index (χ3v) is 4.48. The van der Waals surface area contributed by atoms with Gasteiger partial charge < -0.3 is 5.32 Å². The average molecular weight is 291 g/mol. The van der Waals surface area contributed by atoms with Crippen molar-refractivity contribution >= 4 is 27.4 Å². The fourth-order valence-electron chi connectivity index (χ4n) is 2.38. The van der Waals surface area contributed by atoms with Gasteiger partial charge in [-0.05, 0) is 17.9 Å². The summed E-state index contributed by atoms with van der Waals surface area (Å²) in [5.74, 6) is 0.993. The Balaban J connectivity index is 1.58. The van der Waals surface area contributed by atoms with Gasteiger partial charge in [-0.15, -0.1) is 11.3 Å². The molecule has 0 aromatic carbocycles. The van der Waals surface area contributed by atoms with Gasteiger partial charge in [-0.25, -0.2) is 9.97 Å². The molecule has 0 spiro atoms. The molecule has 0 saturated carbocycles. The van der Waals surface area contributed by atoms with Crippen molar-refractivity contribution in [2.45, 2.75) is 58.3 Å². The van der Waals surface area contributed by atoms with E-state index in [1.54, 1.807) is 17.7 Å². The van der Waals surface area contributed by atoms with Crippen molar-refractivity contribution in [1.29, 1.82) is 0 Å². The monoisotopic (exact) mass is 291 g/mol. The third-order valence-electron chi connectivity index (χ3n) is 3.57. The van der Waals surface area contributed by atoms with Gasteiger partial charge in [-0.2, -0.15) is 0 Å². The maximum absolute atomic E-state index is 4.34. The summed E-state index contributed by atoms with van der Waals surface area (Å²) in [6.07, 6.45) is 12.5. The highest BCUT2D eigenvalue weighted by Gasteiger charge is 2.03. The molecule has 0 saturated heterocycles. The SMILES string of the molecule is CCCCCCCCCCNc1ncnc2ccsc12. The van der Waals surface area contributed by atoms with Gasteiger partial charge >= 0.3 is 0 Å². The molecule has 0 amide bonds. The van der Waals surface area contributed by atoms with Crippen LogP contribution in [0.5, 0.6) is 0 Å². The standard InChI is InChI=1S/C16H25N3S/c1-2-3-4-5-6-7-8-9-11-17-16-15-14(10-12-20-15)18-13-19-16/h10,12-13H,2-9,11H2,1H3,(H,17,18,19). The van der Waals surface area contributed by atoms with E-state index in [2.05, 4.69) is 27.6 Å². The van der Waals surface area contributed by atoms with Crippen LogP contribution in [-0.4, -0.2) is 16.5 Å². The van der Waals surface area contributed by atoms with Crippen LogP contribution in [0.2, 0.25) is 0 Å². The van der Waals surface area contributed by atoms with Crippen molar-refractivity contribution in [3.63, 3.8) is 0 Å². The Hall–Kier alpha value is -1.16. The number of rotatable bonds is 10. The Morgan fingerprint density at radius 1 is 1.00 bits per heavy atom. The highest BCUT2D eigenvalue weighted by molar-refractivity contribution is 7.17. The van der Waals surface area contributed by atoms with Gasteiger partial charge in [0.05, 0.1) is 10.2 Å². The highest BCUT2D eigenvalue weighted by Crippen LogP contribution is 2.24. The number of anilines is 1. The van der Waals surface area contributed by atoms with E-state index in [4.69, 9.17) is 0 Å². The third kappa shape index (κ3) is 4.75. The van der Waals surface area contributed by atoms with E-state index in [9.17, 15) is 0 Å². The van der Waals surface area contributed by atoms with E-state index in [0.717, 1.165) is 17.9 Å². The van der Waals surface area contributed by atoms with E-state index in [1.165, 1.54) is 56.1 Å². The molecule has 0 aliphatic rings. The van der Waals surface area contributed by atoms with E-state index in [-0.39, 0.29) is 0 Å². The van der Waals surface area contributed by atoms with Gasteiger partial charge in [-0.3, -0.25) is 0 Å². The normalized spacial score (nSPS) is 11.1. The molecule has 0 atom stereocenters. The molecular weight excluding hydrogens is 266 g/mol. The topological polar surface area (TPSA) is 37.8 Å². The van der Waals surface area contributed by atoms with Crippen molar-refractivity contribution in [1.82, 2.24) is 9.97 Å². The minimum Gasteiger partial charge on any atom is -0.369 e. The number of fused-ring (bicyclic) bond motifs is 1. The van der Waals surface area contributed by atoms with Gasteiger partial charge in [0.1, 0.15) is 12.1 Å². The number of aromatic nitrogens is 2. The molecule has 0 fully saturated rings. The summed E-state index contributed by atoms with van der Waals surface area (Å²) >= 11 is 1.71. The van der Waals surface area contributed by atoms with Gasteiger partial charge in [-0.1, -0.05) is 51.9 Å². The van der Waals surface area contributed by atoms with Crippen LogP contribution in [0.4, 0.5) is 5.82 Å². The van der Waals surface area contributed by atoms with Crippen LogP contribution < -0.4 is 5.32 Å². The zero-order valence-electron chi connectivity index (χ0n) is 12.4. The molecule has 20 heavy (non-hydrogen) atoms. The number of hydrogen-bond donors (Lipinski definition) is 1. The lowest BCUT2D eigenvalue weighted by molar-refractivity contribution is 0.581. The molecule has 2 heterocycles. The van der Waals surface area contributed by atoms with Crippen LogP contribution in [0, 0.1) is 0 Å². The highest BCUT2D eigenvalue weighted by atomic mass is 32.1. The molecule has 3 nitrogen and oxygen atoms in total. The Labute approximate surface area is 125 Å². The number of nitrogens with one attached hydrogen (secondary N) is 1. The molecule has 2 aromatic rings. The van der Waals surface area contributed by atoms with Crippen molar-refractivity contribution < 1.29 is 0 Å². The first kappa shape index (κ1) is 15.2. The van der Waals surface area contributed by atoms with E-state index in [1.807, 2.05) is 6.07 Å². The molecule has 0 aliphatic carbocycles. The molecule has 1 N–H and O–H groups in total. The fraction of sp³-hybridized carbons (Fsp3) is 0.625. The summed E-state index contributed by atoms with van der Waals surface area (Å²) < 4.78 is 1.17. The Morgan fingerprint density at radius 2 is 1.75 bits per heavy atom. The zero-order chi connectivity index (χ0) is 14.0. The smallest absolute Gasteiger partial charge is 0.147 e. The summed E-state index contributed by atoms with van der Waals surface area (Å²) in [6, 6.07) is 2.04. The van der Waals surface area contributed by atoms with Crippen LogP contribution in [0.1, 0.15) is 58.3 Å². The largest absolute Gasteiger partial charge is 0.369 e. The lowest BCUT2D eigenvalue weighted by Gasteiger charge is -2.06. The summed E-state index contributed by atoms with van der Waals surface area (Å²) in [6.45, 7) is 3.28. The summed E-state index contributed by atoms with van der Waals surface area (Å²) in [5, 5.41) is 5.51. The van der Waals surface area contributed by atoms with Crippen molar-refractivity contribution in [2.75, 3.05) is 11.9 Å². The first-order valence-corrected chi connectivity index (χ1v) is 8.72. The van der Waals surface area contributed by atoms with Crippen LogP contribution >= 0.6 is 11.3 Å². The van der Waals surface area contributed by atoms with Crippen LogP contribution in [0.25, 0.3) is 10.2 Å². The quantitative estimate of drug-likeness (QED) is 0.608. The summed E-state index contributed by atoms with van der Waals surface area (Å²) in [4.78, 5) is 8.59. The van der Waals surface area contributed by atoms with E-state index in [0.29, 0.717) is 0 Å². The molecule has 0 radical (unpaired) electrons. The van der Waals surface area contributed by atoms with Crippen molar-refractivity contribution in [2.24, 2.45) is 0 Å². The van der Waals surface area contributed by atoms with Crippen LogP contribution in [-0.2, 0) is 0 Å². The summed E-state index contributed by atoms with van der Waals surface area (Å²) in [5.41, 5.74) is 1.04. The maximum atomic E-state index is 4.34. The molecule has 0 unspecified atom stereocenters. The number of thiophene rings is 1. The number of nitrogens with zero attached hydrogens (tertiary/aromatic N) is 2. The van der Waals surface area contributed by atoms with Crippen LogP contribution in [0.15, 0.2) is 17.8 Å². The molecule has 0 bridgehead atoms.